The van der Waals surface area contributed by atoms with E-state index in [1.54, 1.807) is 0 Å². The molecule has 1 saturated carbocycles. The van der Waals surface area contributed by atoms with Crippen molar-refractivity contribution >= 4 is 5.78 Å². The minimum Gasteiger partial charge on any atom is -0.370 e. The number of carbonyl (C=O) groups excluding carboxylic acids is 1. The second-order valence-electron chi connectivity index (χ2n) is 4.48. The smallest absolute Gasteiger partial charge is 0.158 e. The van der Waals surface area contributed by atoms with Crippen molar-refractivity contribution < 1.29 is 9.53 Å². The van der Waals surface area contributed by atoms with E-state index in [9.17, 15) is 4.79 Å². The van der Waals surface area contributed by atoms with Crippen molar-refractivity contribution in [2.75, 3.05) is 6.61 Å². The third kappa shape index (κ3) is 4.23. The molecule has 82 valence electrons. The molecule has 14 heavy (non-hydrogen) atoms. The second kappa shape index (κ2) is 6.18. The lowest BCUT2D eigenvalue weighted by atomic mass is 9.89. The summed E-state index contributed by atoms with van der Waals surface area (Å²) < 4.78 is 5.60. The third-order valence-electron chi connectivity index (χ3n) is 2.97. The van der Waals surface area contributed by atoms with Crippen LogP contribution in [0.5, 0.6) is 0 Å². The van der Waals surface area contributed by atoms with Crippen LogP contribution in [0.1, 0.15) is 52.4 Å². The van der Waals surface area contributed by atoms with Crippen LogP contribution < -0.4 is 0 Å². The van der Waals surface area contributed by atoms with Crippen LogP contribution in [-0.4, -0.2) is 18.5 Å². The Hall–Kier alpha value is -0.370. The molecule has 0 heterocycles. The fourth-order valence-corrected chi connectivity index (χ4v) is 1.96. The van der Waals surface area contributed by atoms with Gasteiger partial charge in [0.25, 0.3) is 0 Å². The summed E-state index contributed by atoms with van der Waals surface area (Å²) in [5.74, 6) is 1.10. The zero-order valence-electron chi connectivity index (χ0n) is 9.42. The monoisotopic (exact) mass is 198 g/mol. The lowest BCUT2D eigenvalue weighted by Gasteiger charge is -2.25. The molecule has 0 amide bonds. The molecule has 0 radical (unpaired) electrons. The Kier molecular flexibility index (Phi) is 5.16. The molecule has 0 aromatic carbocycles. The van der Waals surface area contributed by atoms with E-state index in [0.717, 1.165) is 25.2 Å². The van der Waals surface area contributed by atoms with Gasteiger partial charge in [0.05, 0.1) is 6.10 Å². The first-order valence-electron chi connectivity index (χ1n) is 5.85. The van der Waals surface area contributed by atoms with Gasteiger partial charge in [0, 0.05) is 6.42 Å². The number of ether oxygens (including phenoxy) is 1. The largest absolute Gasteiger partial charge is 0.370 e. The number of hydrogen-bond donors (Lipinski definition) is 0. The van der Waals surface area contributed by atoms with Crippen molar-refractivity contribution in [3.63, 3.8) is 0 Å². The molecule has 1 aliphatic rings. The zero-order chi connectivity index (χ0) is 10.4. The Bertz CT molecular complexity index is 169. The molecule has 1 rings (SSSR count). The third-order valence-corrected chi connectivity index (χ3v) is 2.97. The second-order valence-corrected chi connectivity index (χ2v) is 4.48. The van der Waals surface area contributed by atoms with Crippen LogP contribution in [0.2, 0.25) is 0 Å². The Labute approximate surface area is 87.0 Å². The highest BCUT2D eigenvalue weighted by Crippen LogP contribution is 2.25. The van der Waals surface area contributed by atoms with E-state index >= 15 is 0 Å². The zero-order valence-corrected chi connectivity index (χ0v) is 9.42. The van der Waals surface area contributed by atoms with Gasteiger partial charge in [-0.15, -0.1) is 0 Å². The number of hydrogen-bond acceptors (Lipinski definition) is 2. The van der Waals surface area contributed by atoms with Crippen molar-refractivity contribution in [2.24, 2.45) is 5.92 Å². The molecule has 0 spiro atoms. The minimum atomic E-state index is 0.256. The maximum atomic E-state index is 11.2. The number of Topliss-reactive ketones (excluding diaryl/α,β-unsaturated/α-hetero) is 1. The molecule has 1 aliphatic carbocycles. The number of ketones is 1. The van der Waals surface area contributed by atoms with Crippen molar-refractivity contribution in [1.29, 1.82) is 0 Å². The van der Waals surface area contributed by atoms with Crippen LogP contribution in [0.15, 0.2) is 0 Å². The molecule has 2 heteroatoms. The molecule has 0 N–H and O–H groups in total. The van der Waals surface area contributed by atoms with Gasteiger partial charge < -0.3 is 4.74 Å². The Morgan fingerprint density at radius 3 is 2.50 bits per heavy atom. The molecule has 0 bridgehead atoms. The summed E-state index contributed by atoms with van der Waals surface area (Å²) >= 11 is 0. The Balaban J connectivity index is 2.09. The molecule has 0 unspecified atom stereocenters. The first-order chi connectivity index (χ1) is 6.72. The Morgan fingerprint density at radius 2 is 1.93 bits per heavy atom. The lowest BCUT2D eigenvalue weighted by molar-refractivity contribution is -0.126. The van der Waals surface area contributed by atoms with Crippen LogP contribution in [0.3, 0.4) is 0 Å². The van der Waals surface area contributed by atoms with E-state index in [2.05, 4.69) is 6.92 Å². The van der Waals surface area contributed by atoms with E-state index in [0.29, 0.717) is 19.1 Å². The van der Waals surface area contributed by atoms with E-state index in [1.165, 1.54) is 12.8 Å². The van der Waals surface area contributed by atoms with Gasteiger partial charge >= 0.3 is 0 Å². The predicted octanol–water partition coefficient (Wildman–Crippen LogP) is 2.95. The molecule has 0 aliphatic heterocycles. The van der Waals surface area contributed by atoms with Gasteiger partial charge in [0.1, 0.15) is 6.61 Å². The van der Waals surface area contributed by atoms with E-state index in [4.69, 9.17) is 4.74 Å². The van der Waals surface area contributed by atoms with Crippen molar-refractivity contribution in [2.45, 2.75) is 58.5 Å². The molecular formula is C12H22O2. The summed E-state index contributed by atoms with van der Waals surface area (Å²) in [5.41, 5.74) is 0. The van der Waals surface area contributed by atoms with E-state index < -0.39 is 0 Å². The number of carbonyl (C=O) groups is 1. The summed E-state index contributed by atoms with van der Waals surface area (Å²) in [5, 5.41) is 0. The van der Waals surface area contributed by atoms with E-state index in [1.807, 2.05) is 6.92 Å². The minimum absolute atomic E-state index is 0.256. The van der Waals surface area contributed by atoms with Gasteiger partial charge in [0.15, 0.2) is 5.78 Å². The standard InChI is InChI=1S/C12H22O2/c1-3-4-11(13)9-14-12-7-5-10(2)6-8-12/h10,12H,3-9H2,1-2H3. The molecule has 0 aromatic heterocycles. The van der Waals surface area contributed by atoms with E-state index in [-0.39, 0.29) is 5.78 Å². The highest BCUT2D eigenvalue weighted by atomic mass is 16.5. The molecular weight excluding hydrogens is 176 g/mol. The van der Waals surface area contributed by atoms with Crippen LogP contribution in [0.4, 0.5) is 0 Å². The predicted molar refractivity (Wildman–Crippen MR) is 57.3 cm³/mol. The molecule has 1 fully saturated rings. The number of rotatable bonds is 5. The summed E-state index contributed by atoms with van der Waals surface area (Å²) in [6, 6.07) is 0. The average Bonchev–Trinajstić information content (AvgIpc) is 2.17. The fraction of sp³-hybridized carbons (Fsp3) is 0.917. The van der Waals surface area contributed by atoms with Crippen molar-refractivity contribution in [1.82, 2.24) is 0 Å². The van der Waals surface area contributed by atoms with Gasteiger partial charge in [-0.3, -0.25) is 4.79 Å². The SMILES string of the molecule is CCCC(=O)COC1CCC(C)CC1. The normalized spacial score (nSPS) is 27.6. The quantitative estimate of drug-likeness (QED) is 0.679. The molecule has 2 nitrogen and oxygen atoms in total. The molecule has 0 aromatic rings. The summed E-state index contributed by atoms with van der Waals surface area (Å²) in [7, 11) is 0. The first kappa shape index (κ1) is 11.7. The summed E-state index contributed by atoms with van der Waals surface area (Å²) in [4.78, 5) is 11.2. The van der Waals surface area contributed by atoms with Gasteiger partial charge in [-0.05, 0) is 38.0 Å². The average molecular weight is 198 g/mol. The van der Waals surface area contributed by atoms with Gasteiger partial charge in [-0.1, -0.05) is 13.8 Å². The van der Waals surface area contributed by atoms with Crippen LogP contribution in [0.25, 0.3) is 0 Å². The molecule has 0 saturated heterocycles. The maximum Gasteiger partial charge on any atom is 0.158 e. The summed E-state index contributed by atoms with van der Waals surface area (Å²) in [6.45, 7) is 4.66. The van der Waals surface area contributed by atoms with Crippen LogP contribution in [-0.2, 0) is 9.53 Å². The molecule has 0 atom stereocenters. The van der Waals surface area contributed by atoms with Crippen molar-refractivity contribution in [3.8, 4) is 0 Å². The fourth-order valence-electron chi connectivity index (χ4n) is 1.96. The lowest BCUT2D eigenvalue weighted by Crippen LogP contribution is -2.23. The summed E-state index contributed by atoms with van der Waals surface area (Å²) in [6.07, 6.45) is 6.75. The topological polar surface area (TPSA) is 26.3 Å². The van der Waals surface area contributed by atoms with Crippen LogP contribution >= 0.6 is 0 Å². The van der Waals surface area contributed by atoms with Crippen molar-refractivity contribution in [3.05, 3.63) is 0 Å². The highest BCUT2D eigenvalue weighted by molar-refractivity contribution is 5.79. The van der Waals surface area contributed by atoms with Crippen LogP contribution in [0, 0.1) is 5.92 Å². The van der Waals surface area contributed by atoms with Gasteiger partial charge in [-0.2, -0.15) is 0 Å². The van der Waals surface area contributed by atoms with Gasteiger partial charge in [-0.25, -0.2) is 0 Å². The maximum absolute atomic E-state index is 11.2. The van der Waals surface area contributed by atoms with Gasteiger partial charge in [0.2, 0.25) is 0 Å². The Morgan fingerprint density at radius 1 is 1.29 bits per heavy atom. The highest BCUT2D eigenvalue weighted by Gasteiger charge is 2.19. The first-order valence-corrected chi connectivity index (χ1v) is 5.85.